The first kappa shape index (κ1) is 18.5. The molecule has 2 aromatic heterocycles. The summed E-state index contributed by atoms with van der Waals surface area (Å²) in [4.78, 5) is 16.9. The summed E-state index contributed by atoms with van der Waals surface area (Å²) in [5.41, 5.74) is 2.47. The molecule has 0 unspecified atom stereocenters. The number of furan rings is 1. The minimum atomic E-state index is 0.112. The molecule has 8 nitrogen and oxygen atoms in total. The first-order chi connectivity index (χ1) is 13.7. The second-order valence-corrected chi connectivity index (χ2v) is 7.64. The van der Waals surface area contributed by atoms with Crippen LogP contribution in [0.1, 0.15) is 11.3 Å². The number of piperazine rings is 1. The van der Waals surface area contributed by atoms with Crippen LogP contribution in [0.15, 0.2) is 52.2 Å². The summed E-state index contributed by atoms with van der Waals surface area (Å²) in [5, 5.41) is 12.3. The number of benzene rings is 1. The van der Waals surface area contributed by atoms with E-state index in [1.54, 1.807) is 10.9 Å². The second-order valence-electron chi connectivity index (χ2n) is 6.69. The van der Waals surface area contributed by atoms with Gasteiger partial charge < -0.3 is 14.2 Å². The minimum absolute atomic E-state index is 0.112. The van der Waals surface area contributed by atoms with Crippen molar-refractivity contribution >= 4 is 23.4 Å². The number of tetrazole rings is 1. The Hall–Kier alpha value is -2.81. The number of carbonyl (C=O) groups is 1. The van der Waals surface area contributed by atoms with E-state index in [4.69, 9.17) is 4.42 Å². The van der Waals surface area contributed by atoms with Gasteiger partial charge in [0.25, 0.3) is 0 Å². The number of thioether (sulfide) groups is 1. The Kier molecular flexibility index (Phi) is 5.61. The zero-order valence-electron chi connectivity index (χ0n) is 15.7. The van der Waals surface area contributed by atoms with Crippen LogP contribution < -0.4 is 4.90 Å². The van der Waals surface area contributed by atoms with Crippen LogP contribution in [-0.4, -0.2) is 62.9 Å². The van der Waals surface area contributed by atoms with E-state index in [0.717, 1.165) is 31.9 Å². The predicted octanol–water partition coefficient (Wildman–Crippen LogP) is 2.06. The molecule has 1 saturated heterocycles. The van der Waals surface area contributed by atoms with Crippen LogP contribution in [0, 0.1) is 6.92 Å². The predicted molar refractivity (Wildman–Crippen MR) is 106 cm³/mol. The summed E-state index contributed by atoms with van der Waals surface area (Å²) in [6.45, 7) is 5.69. The Morgan fingerprint density at radius 2 is 2.04 bits per heavy atom. The van der Waals surface area contributed by atoms with Crippen molar-refractivity contribution in [3.63, 3.8) is 0 Å². The maximum Gasteiger partial charge on any atom is 0.233 e. The highest BCUT2D eigenvalue weighted by Gasteiger charge is 2.22. The van der Waals surface area contributed by atoms with Crippen molar-refractivity contribution in [1.29, 1.82) is 0 Å². The van der Waals surface area contributed by atoms with E-state index >= 15 is 0 Å². The standard InChI is InChI=1S/C19H22N6O2S/c1-15-4-2-5-16(12-15)23-7-9-24(10-8-23)18(26)14-28-19-20-21-22-25(19)13-17-6-3-11-27-17/h2-6,11-12H,7-10,13-14H2,1H3. The number of hydrogen-bond donors (Lipinski definition) is 0. The molecule has 0 saturated carbocycles. The molecule has 3 heterocycles. The van der Waals surface area contributed by atoms with Crippen molar-refractivity contribution in [2.75, 3.05) is 36.8 Å². The third-order valence-electron chi connectivity index (χ3n) is 4.71. The van der Waals surface area contributed by atoms with Gasteiger partial charge in [0, 0.05) is 31.9 Å². The molecule has 1 aromatic carbocycles. The molecule has 0 radical (unpaired) electrons. The summed E-state index contributed by atoms with van der Waals surface area (Å²) in [7, 11) is 0. The fraction of sp³-hybridized carbons (Fsp3) is 0.368. The largest absolute Gasteiger partial charge is 0.467 e. The van der Waals surface area contributed by atoms with Gasteiger partial charge in [-0.25, -0.2) is 4.68 Å². The van der Waals surface area contributed by atoms with Gasteiger partial charge in [0.2, 0.25) is 11.1 Å². The highest BCUT2D eigenvalue weighted by Crippen LogP contribution is 2.20. The highest BCUT2D eigenvalue weighted by atomic mass is 32.2. The van der Waals surface area contributed by atoms with Crippen LogP contribution in [0.2, 0.25) is 0 Å². The number of amides is 1. The Bertz CT molecular complexity index is 918. The fourth-order valence-corrected chi connectivity index (χ4v) is 3.98. The van der Waals surface area contributed by atoms with Gasteiger partial charge in [-0.2, -0.15) is 0 Å². The minimum Gasteiger partial charge on any atom is -0.467 e. The monoisotopic (exact) mass is 398 g/mol. The smallest absolute Gasteiger partial charge is 0.233 e. The average molecular weight is 398 g/mol. The van der Waals surface area contributed by atoms with Gasteiger partial charge in [-0.3, -0.25) is 4.79 Å². The lowest BCUT2D eigenvalue weighted by molar-refractivity contribution is -0.128. The average Bonchev–Trinajstić information content (AvgIpc) is 3.39. The lowest BCUT2D eigenvalue weighted by Gasteiger charge is -2.36. The van der Waals surface area contributed by atoms with Crippen LogP contribution in [0.5, 0.6) is 0 Å². The van der Waals surface area contributed by atoms with Crippen LogP contribution in [0.4, 0.5) is 5.69 Å². The Balaban J connectivity index is 1.28. The molecule has 9 heteroatoms. The molecule has 0 bridgehead atoms. The number of rotatable bonds is 6. The lowest BCUT2D eigenvalue weighted by atomic mass is 10.2. The number of carbonyl (C=O) groups excluding carboxylic acids is 1. The van der Waals surface area contributed by atoms with E-state index in [1.165, 1.54) is 23.0 Å². The number of aryl methyl sites for hydroxylation is 1. The quantitative estimate of drug-likeness (QED) is 0.588. The van der Waals surface area contributed by atoms with Gasteiger partial charge in [0.15, 0.2) is 0 Å². The van der Waals surface area contributed by atoms with Crippen molar-refractivity contribution in [1.82, 2.24) is 25.1 Å². The fourth-order valence-electron chi connectivity index (χ4n) is 3.21. The van der Waals surface area contributed by atoms with Crippen molar-refractivity contribution in [3.8, 4) is 0 Å². The highest BCUT2D eigenvalue weighted by molar-refractivity contribution is 7.99. The normalized spacial score (nSPS) is 14.5. The summed E-state index contributed by atoms with van der Waals surface area (Å²) >= 11 is 1.36. The van der Waals surface area contributed by atoms with Crippen LogP contribution in [-0.2, 0) is 11.3 Å². The first-order valence-electron chi connectivity index (χ1n) is 9.20. The van der Waals surface area contributed by atoms with Gasteiger partial charge in [0.05, 0.1) is 12.0 Å². The van der Waals surface area contributed by atoms with E-state index < -0.39 is 0 Å². The number of anilines is 1. The van der Waals surface area contributed by atoms with Crippen molar-refractivity contribution in [2.24, 2.45) is 0 Å². The van der Waals surface area contributed by atoms with Gasteiger partial charge >= 0.3 is 0 Å². The Morgan fingerprint density at radius 3 is 2.79 bits per heavy atom. The van der Waals surface area contributed by atoms with E-state index in [-0.39, 0.29) is 5.91 Å². The van der Waals surface area contributed by atoms with E-state index in [2.05, 4.69) is 51.6 Å². The Morgan fingerprint density at radius 1 is 1.18 bits per heavy atom. The SMILES string of the molecule is Cc1cccc(N2CCN(C(=O)CSc3nnnn3Cc3ccco3)CC2)c1. The molecular weight excluding hydrogens is 376 g/mol. The molecule has 4 rings (SSSR count). The zero-order valence-corrected chi connectivity index (χ0v) is 16.5. The third kappa shape index (κ3) is 4.36. The van der Waals surface area contributed by atoms with Gasteiger partial charge in [-0.1, -0.05) is 23.9 Å². The Labute approximate surface area is 167 Å². The maximum absolute atomic E-state index is 12.6. The van der Waals surface area contributed by atoms with Crippen molar-refractivity contribution < 1.29 is 9.21 Å². The number of hydrogen-bond acceptors (Lipinski definition) is 7. The molecule has 1 amide bonds. The molecule has 0 aliphatic carbocycles. The van der Waals surface area contributed by atoms with Crippen LogP contribution >= 0.6 is 11.8 Å². The summed E-state index contributed by atoms with van der Waals surface area (Å²) in [6.07, 6.45) is 1.62. The molecule has 0 N–H and O–H groups in total. The molecule has 1 aliphatic heterocycles. The van der Waals surface area contributed by atoms with Gasteiger partial charge in [-0.15, -0.1) is 5.10 Å². The molecule has 146 valence electrons. The molecule has 1 aliphatic rings. The first-order valence-corrected chi connectivity index (χ1v) is 10.2. The molecule has 28 heavy (non-hydrogen) atoms. The zero-order chi connectivity index (χ0) is 19.3. The number of nitrogens with zero attached hydrogens (tertiary/aromatic N) is 6. The maximum atomic E-state index is 12.6. The second kappa shape index (κ2) is 8.47. The summed E-state index contributed by atoms with van der Waals surface area (Å²) in [6, 6.07) is 12.2. The van der Waals surface area contributed by atoms with Crippen molar-refractivity contribution in [2.45, 2.75) is 18.6 Å². The molecule has 3 aromatic rings. The lowest BCUT2D eigenvalue weighted by Crippen LogP contribution is -2.49. The number of aromatic nitrogens is 4. The van der Waals surface area contributed by atoms with E-state index in [9.17, 15) is 4.79 Å². The molecule has 0 spiro atoms. The van der Waals surface area contributed by atoms with Crippen LogP contribution in [0.3, 0.4) is 0 Å². The molecule has 1 fully saturated rings. The van der Waals surface area contributed by atoms with Crippen LogP contribution in [0.25, 0.3) is 0 Å². The molecule has 0 atom stereocenters. The topological polar surface area (TPSA) is 80.3 Å². The summed E-state index contributed by atoms with van der Waals surface area (Å²) < 4.78 is 6.98. The van der Waals surface area contributed by atoms with E-state index in [0.29, 0.717) is 17.5 Å². The van der Waals surface area contributed by atoms with E-state index in [1.807, 2.05) is 17.0 Å². The van der Waals surface area contributed by atoms with Gasteiger partial charge in [0.1, 0.15) is 12.3 Å². The third-order valence-corrected chi connectivity index (χ3v) is 5.65. The van der Waals surface area contributed by atoms with Crippen molar-refractivity contribution in [3.05, 3.63) is 54.0 Å². The molecular formula is C19H22N6O2S. The van der Waals surface area contributed by atoms with Gasteiger partial charge in [-0.05, 0) is 47.2 Å². The summed E-state index contributed by atoms with van der Waals surface area (Å²) in [5.74, 6) is 1.21.